The molecule has 6 nitrogen and oxygen atoms in total. The van der Waals surface area contributed by atoms with Crippen molar-refractivity contribution in [1.82, 2.24) is 9.88 Å². The predicted octanol–water partition coefficient (Wildman–Crippen LogP) is 4.50. The Balaban J connectivity index is 1.61. The van der Waals surface area contributed by atoms with Crippen molar-refractivity contribution >= 4 is 32.6 Å². The summed E-state index contributed by atoms with van der Waals surface area (Å²) < 4.78 is 12.0. The molecule has 0 bridgehead atoms. The number of para-hydroxylation sites is 1. The summed E-state index contributed by atoms with van der Waals surface area (Å²) >= 11 is 1.59. The van der Waals surface area contributed by atoms with Crippen molar-refractivity contribution in [2.24, 2.45) is 0 Å². The largest absolute Gasteiger partial charge is 0.454 e. The van der Waals surface area contributed by atoms with Gasteiger partial charge in [0.1, 0.15) is 0 Å². The monoisotopic (exact) mass is 439 g/mol. The summed E-state index contributed by atoms with van der Waals surface area (Å²) in [5.41, 5.74) is 3.14. The SMILES string of the molecule is CCc1cccc2sc(N(CCN(CC)CC)C(=O)Cc3ccc4c(c3)OCO4)nc12. The van der Waals surface area contributed by atoms with Crippen LogP contribution in [0.3, 0.4) is 0 Å². The van der Waals surface area contributed by atoms with Crippen molar-refractivity contribution in [2.45, 2.75) is 33.6 Å². The molecule has 0 fully saturated rings. The number of ether oxygens (including phenoxy) is 2. The van der Waals surface area contributed by atoms with Crippen molar-refractivity contribution in [1.29, 1.82) is 0 Å². The van der Waals surface area contributed by atoms with Gasteiger partial charge in [-0.3, -0.25) is 9.69 Å². The molecule has 0 N–H and O–H groups in total. The van der Waals surface area contributed by atoms with Gasteiger partial charge in [0.15, 0.2) is 16.6 Å². The van der Waals surface area contributed by atoms with E-state index in [1.165, 1.54) is 5.56 Å². The zero-order chi connectivity index (χ0) is 21.8. The van der Waals surface area contributed by atoms with Crippen LogP contribution in [0.2, 0.25) is 0 Å². The average Bonchev–Trinajstić information content (AvgIpc) is 3.42. The number of fused-ring (bicyclic) bond motifs is 2. The fourth-order valence-electron chi connectivity index (χ4n) is 3.82. The number of likely N-dealkylation sites (N-methyl/N-ethyl adjacent to an activating group) is 1. The van der Waals surface area contributed by atoms with Gasteiger partial charge in [-0.1, -0.05) is 50.3 Å². The lowest BCUT2D eigenvalue weighted by atomic mass is 10.1. The van der Waals surface area contributed by atoms with Crippen LogP contribution in [0.4, 0.5) is 5.13 Å². The predicted molar refractivity (Wildman–Crippen MR) is 125 cm³/mol. The van der Waals surface area contributed by atoms with Crippen molar-refractivity contribution in [3.63, 3.8) is 0 Å². The van der Waals surface area contributed by atoms with Crippen LogP contribution < -0.4 is 14.4 Å². The second-order valence-electron chi connectivity index (χ2n) is 7.55. The molecule has 0 saturated carbocycles. The lowest BCUT2D eigenvalue weighted by Crippen LogP contribution is -2.39. The minimum atomic E-state index is 0.0446. The van der Waals surface area contributed by atoms with E-state index in [4.69, 9.17) is 14.5 Å². The highest BCUT2D eigenvalue weighted by Gasteiger charge is 2.22. The van der Waals surface area contributed by atoms with Crippen LogP contribution >= 0.6 is 11.3 Å². The normalized spacial score (nSPS) is 12.6. The Kier molecular flexibility index (Phi) is 6.73. The first-order valence-corrected chi connectivity index (χ1v) is 11.7. The van der Waals surface area contributed by atoms with Gasteiger partial charge < -0.3 is 14.4 Å². The zero-order valence-corrected chi connectivity index (χ0v) is 19.2. The maximum atomic E-state index is 13.4. The first-order valence-electron chi connectivity index (χ1n) is 10.9. The number of anilines is 1. The van der Waals surface area contributed by atoms with Gasteiger partial charge >= 0.3 is 0 Å². The number of benzene rings is 2. The molecule has 2 heterocycles. The summed E-state index contributed by atoms with van der Waals surface area (Å²) in [7, 11) is 0. The van der Waals surface area contributed by atoms with Gasteiger partial charge in [0, 0.05) is 13.1 Å². The van der Waals surface area contributed by atoms with Gasteiger partial charge in [0.05, 0.1) is 16.6 Å². The van der Waals surface area contributed by atoms with Crippen molar-refractivity contribution in [3.8, 4) is 11.5 Å². The minimum Gasteiger partial charge on any atom is -0.454 e. The van der Waals surface area contributed by atoms with Crippen LogP contribution in [-0.4, -0.2) is 48.8 Å². The molecule has 0 atom stereocenters. The Morgan fingerprint density at radius 2 is 1.87 bits per heavy atom. The molecule has 0 aliphatic carbocycles. The van der Waals surface area contributed by atoms with E-state index in [1.54, 1.807) is 11.3 Å². The zero-order valence-electron chi connectivity index (χ0n) is 18.4. The summed E-state index contributed by atoms with van der Waals surface area (Å²) in [6.45, 7) is 10.0. The Bertz CT molecular complexity index is 1060. The molecule has 1 aliphatic rings. The molecule has 7 heteroatoms. The molecule has 1 aromatic heterocycles. The summed E-state index contributed by atoms with van der Waals surface area (Å²) in [5.74, 6) is 1.48. The molecule has 1 amide bonds. The molecular weight excluding hydrogens is 410 g/mol. The average molecular weight is 440 g/mol. The number of aryl methyl sites for hydroxylation is 1. The number of carbonyl (C=O) groups excluding carboxylic acids is 1. The molecule has 0 unspecified atom stereocenters. The van der Waals surface area contributed by atoms with Crippen molar-refractivity contribution in [2.75, 3.05) is 37.9 Å². The molecule has 1 aliphatic heterocycles. The summed E-state index contributed by atoms with van der Waals surface area (Å²) in [6.07, 6.45) is 1.22. The third kappa shape index (κ3) is 4.67. The van der Waals surface area contributed by atoms with Crippen LogP contribution in [0.1, 0.15) is 31.9 Å². The van der Waals surface area contributed by atoms with Crippen molar-refractivity contribution < 1.29 is 14.3 Å². The number of rotatable bonds is 9. The fraction of sp³-hybridized carbons (Fsp3) is 0.417. The summed E-state index contributed by atoms with van der Waals surface area (Å²) in [5, 5.41) is 0.772. The van der Waals surface area contributed by atoms with E-state index in [-0.39, 0.29) is 12.7 Å². The Morgan fingerprint density at radius 3 is 2.65 bits per heavy atom. The van der Waals surface area contributed by atoms with Gasteiger partial charge in [0.25, 0.3) is 0 Å². The van der Waals surface area contributed by atoms with Gasteiger partial charge in [0.2, 0.25) is 12.7 Å². The fourth-order valence-corrected chi connectivity index (χ4v) is 4.88. The van der Waals surface area contributed by atoms with Gasteiger partial charge in [-0.05, 0) is 48.8 Å². The highest BCUT2D eigenvalue weighted by atomic mass is 32.1. The van der Waals surface area contributed by atoms with E-state index >= 15 is 0 Å². The van der Waals surface area contributed by atoms with Crippen molar-refractivity contribution in [3.05, 3.63) is 47.5 Å². The number of thiazole rings is 1. The highest BCUT2D eigenvalue weighted by molar-refractivity contribution is 7.22. The maximum Gasteiger partial charge on any atom is 0.233 e. The standard InChI is InChI=1S/C24H29N3O3S/c1-4-18-8-7-9-21-23(18)25-24(31-21)27(13-12-26(5-2)6-3)22(28)15-17-10-11-19-20(14-17)30-16-29-19/h7-11,14H,4-6,12-13,15-16H2,1-3H3. The molecular formula is C24H29N3O3S. The van der Waals surface area contributed by atoms with E-state index in [2.05, 4.69) is 43.9 Å². The number of nitrogens with zero attached hydrogens (tertiary/aromatic N) is 3. The topological polar surface area (TPSA) is 54.9 Å². The van der Waals surface area contributed by atoms with Crippen LogP contribution in [-0.2, 0) is 17.6 Å². The second kappa shape index (κ2) is 9.66. The van der Waals surface area contributed by atoms with E-state index in [1.807, 2.05) is 23.1 Å². The third-order valence-corrected chi connectivity index (χ3v) is 6.77. The van der Waals surface area contributed by atoms with Crippen LogP contribution in [0, 0.1) is 0 Å². The van der Waals surface area contributed by atoms with Gasteiger partial charge in [-0.15, -0.1) is 0 Å². The minimum absolute atomic E-state index is 0.0446. The Hall–Kier alpha value is -2.64. The van der Waals surface area contributed by atoms with E-state index in [0.29, 0.717) is 18.7 Å². The van der Waals surface area contributed by atoms with Crippen LogP contribution in [0.15, 0.2) is 36.4 Å². The lowest BCUT2D eigenvalue weighted by Gasteiger charge is -2.24. The molecule has 31 heavy (non-hydrogen) atoms. The summed E-state index contributed by atoms with van der Waals surface area (Å²) in [6, 6.07) is 12.0. The van der Waals surface area contributed by atoms with Crippen LogP contribution in [0.5, 0.6) is 11.5 Å². The highest BCUT2D eigenvalue weighted by Crippen LogP contribution is 2.34. The molecule has 0 spiro atoms. The molecule has 3 aromatic rings. The summed E-state index contributed by atoms with van der Waals surface area (Å²) in [4.78, 5) is 22.5. The van der Waals surface area contributed by atoms with E-state index < -0.39 is 0 Å². The number of carbonyl (C=O) groups is 1. The molecule has 0 saturated heterocycles. The number of hydrogen-bond acceptors (Lipinski definition) is 6. The molecule has 164 valence electrons. The molecule has 2 aromatic carbocycles. The Labute approximate surface area is 187 Å². The maximum absolute atomic E-state index is 13.4. The van der Waals surface area contributed by atoms with Gasteiger partial charge in [-0.25, -0.2) is 4.98 Å². The lowest BCUT2D eigenvalue weighted by molar-refractivity contribution is -0.118. The van der Waals surface area contributed by atoms with E-state index in [9.17, 15) is 4.79 Å². The number of hydrogen-bond donors (Lipinski definition) is 0. The molecule has 4 rings (SSSR count). The van der Waals surface area contributed by atoms with Gasteiger partial charge in [-0.2, -0.15) is 0 Å². The quantitative estimate of drug-likeness (QED) is 0.491. The first-order chi connectivity index (χ1) is 15.1. The Morgan fingerprint density at radius 1 is 1.06 bits per heavy atom. The first kappa shape index (κ1) is 21.6. The van der Waals surface area contributed by atoms with Crippen LogP contribution in [0.25, 0.3) is 10.2 Å². The number of aromatic nitrogens is 1. The third-order valence-electron chi connectivity index (χ3n) is 5.73. The second-order valence-corrected chi connectivity index (χ2v) is 8.56. The number of amides is 1. The van der Waals surface area contributed by atoms with E-state index in [0.717, 1.165) is 52.7 Å². The smallest absolute Gasteiger partial charge is 0.233 e. The molecule has 0 radical (unpaired) electrons.